The van der Waals surface area contributed by atoms with E-state index in [2.05, 4.69) is 11.1 Å². The van der Waals surface area contributed by atoms with Crippen LogP contribution in [0.3, 0.4) is 0 Å². The van der Waals surface area contributed by atoms with Crippen molar-refractivity contribution in [1.82, 2.24) is 4.98 Å². The number of pyridine rings is 1. The number of rotatable bonds is 3. The van der Waals surface area contributed by atoms with Crippen LogP contribution in [-0.4, -0.2) is 4.98 Å². The van der Waals surface area contributed by atoms with Crippen LogP contribution in [-0.2, 0) is 5.75 Å². The molecule has 0 spiro atoms. The van der Waals surface area contributed by atoms with E-state index in [9.17, 15) is 0 Å². The Bertz CT molecular complexity index is 758. The average molecular weight is 301 g/mol. The van der Waals surface area contributed by atoms with Gasteiger partial charge in [0, 0.05) is 32.9 Å². The molecule has 0 atom stereocenters. The SMILES string of the molecule is Nc1ccc(CSc2cccc(Cl)c2)c2ncccc12. The lowest BCUT2D eigenvalue weighted by molar-refractivity contribution is 1.34. The van der Waals surface area contributed by atoms with Crippen LogP contribution in [0.25, 0.3) is 10.9 Å². The number of benzene rings is 2. The van der Waals surface area contributed by atoms with Gasteiger partial charge in [-0.2, -0.15) is 0 Å². The molecule has 0 radical (unpaired) electrons. The summed E-state index contributed by atoms with van der Waals surface area (Å²) >= 11 is 7.74. The second-order valence-electron chi connectivity index (χ2n) is 4.46. The summed E-state index contributed by atoms with van der Waals surface area (Å²) in [4.78, 5) is 5.60. The Labute approximate surface area is 127 Å². The van der Waals surface area contributed by atoms with E-state index in [0.717, 1.165) is 32.3 Å². The van der Waals surface area contributed by atoms with Crippen LogP contribution in [0.4, 0.5) is 5.69 Å². The van der Waals surface area contributed by atoms with E-state index in [-0.39, 0.29) is 0 Å². The largest absolute Gasteiger partial charge is 0.398 e. The van der Waals surface area contributed by atoms with Crippen molar-refractivity contribution >= 4 is 40.0 Å². The second kappa shape index (κ2) is 5.73. The van der Waals surface area contributed by atoms with Gasteiger partial charge in [-0.3, -0.25) is 4.98 Å². The third-order valence-electron chi connectivity index (χ3n) is 3.08. The van der Waals surface area contributed by atoms with E-state index < -0.39 is 0 Å². The molecule has 2 N–H and O–H groups in total. The first-order chi connectivity index (χ1) is 9.74. The molecule has 0 unspecified atom stereocenters. The monoisotopic (exact) mass is 300 g/mol. The van der Waals surface area contributed by atoms with Gasteiger partial charge < -0.3 is 5.73 Å². The van der Waals surface area contributed by atoms with Crippen LogP contribution in [0.1, 0.15) is 5.56 Å². The van der Waals surface area contributed by atoms with Gasteiger partial charge in [0.25, 0.3) is 0 Å². The van der Waals surface area contributed by atoms with Gasteiger partial charge in [0.1, 0.15) is 0 Å². The number of nitrogen functional groups attached to an aromatic ring is 1. The zero-order valence-electron chi connectivity index (χ0n) is 10.7. The second-order valence-corrected chi connectivity index (χ2v) is 5.94. The average Bonchev–Trinajstić information content (AvgIpc) is 2.47. The molecule has 0 aliphatic rings. The van der Waals surface area contributed by atoms with Crippen molar-refractivity contribution in [2.24, 2.45) is 0 Å². The van der Waals surface area contributed by atoms with Crippen molar-refractivity contribution in [3.8, 4) is 0 Å². The van der Waals surface area contributed by atoms with Crippen LogP contribution < -0.4 is 5.73 Å². The first-order valence-electron chi connectivity index (χ1n) is 6.24. The standard InChI is InChI=1S/C16H13ClN2S/c17-12-3-1-4-13(9-12)20-10-11-6-7-15(18)14-5-2-8-19-16(11)14/h1-9H,10,18H2. The van der Waals surface area contributed by atoms with E-state index in [1.807, 2.05) is 42.5 Å². The van der Waals surface area contributed by atoms with Crippen molar-refractivity contribution in [3.05, 3.63) is 65.3 Å². The molecule has 2 aromatic carbocycles. The number of fused-ring (bicyclic) bond motifs is 1. The molecule has 1 heterocycles. The summed E-state index contributed by atoms with van der Waals surface area (Å²) < 4.78 is 0. The molecule has 0 bridgehead atoms. The van der Waals surface area contributed by atoms with E-state index in [4.69, 9.17) is 17.3 Å². The molecule has 0 saturated carbocycles. The fourth-order valence-corrected chi connectivity index (χ4v) is 3.28. The Hall–Kier alpha value is -1.71. The van der Waals surface area contributed by atoms with Gasteiger partial charge in [0.05, 0.1) is 5.52 Å². The molecule has 3 rings (SSSR count). The summed E-state index contributed by atoms with van der Waals surface area (Å²) in [5, 5.41) is 1.77. The maximum absolute atomic E-state index is 6.00. The minimum absolute atomic E-state index is 0.760. The number of nitrogens with zero attached hydrogens (tertiary/aromatic N) is 1. The number of anilines is 1. The summed E-state index contributed by atoms with van der Waals surface area (Å²) in [5.74, 6) is 0.841. The van der Waals surface area contributed by atoms with Crippen molar-refractivity contribution < 1.29 is 0 Å². The zero-order valence-corrected chi connectivity index (χ0v) is 12.3. The Morgan fingerprint density at radius 1 is 1.10 bits per heavy atom. The summed E-state index contributed by atoms with van der Waals surface area (Å²) in [7, 11) is 0. The fourth-order valence-electron chi connectivity index (χ4n) is 2.09. The maximum atomic E-state index is 6.00. The minimum Gasteiger partial charge on any atom is -0.398 e. The first kappa shape index (κ1) is 13.3. The van der Waals surface area contributed by atoms with Gasteiger partial charge in [-0.05, 0) is 42.0 Å². The lowest BCUT2D eigenvalue weighted by atomic mass is 10.1. The third-order valence-corrected chi connectivity index (χ3v) is 4.36. The Kier molecular flexibility index (Phi) is 3.81. The summed E-state index contributed by atoms with van der Waals surface area (Å²) in [5.41, 5.74) is 8.91. The molecule has 4 heteroatoms. The summed E-state index contributed by atoms with van der Waals surface area (Å²) in [6, 6.07) is 15.8. The maximum Gasteiger partial charge on any atom is 0.0763 e. The van der Waals surface area contributed by atoms with Gasteiger partial charge in [0.15, 0.2) is 0 Å². The highest BCUT2D eigenvalue weighted by Crippen LogP contribution is 2.29. The highest BCUT2D eigenvalue weighted by Gasteiger charge is 2.06. The molecule has 0 saturated heterocycles. The number of halogens is 1. The summed E-state index contributed by atoms with van der Waals surface area (Å²) in [6.07, 6.45) is 1.80. The molecule has 1 aromatic heterocycles. The van der Waals surface area contributed by atoms with Crippen LogP contribution in [0.5, 0.6) is 0 Å². The molecule has 0 amide bonds. The van der Waals surface area contributed by atoms with Crippen LogP contribution in [0.15, 0.2) is 59.6 Å². The molecule has 20 heavy (non-hydrogen) atoms. The molecule has 0 aliphatic carbocycles. The van der Waals surface area contributed by atoms with Crippen molar-refractivity contribution in [3.63, 3.8) is 0 Å². The Balaban J connectivity index is 1.90. The Morgan fingerprint density at radius 2 is 2.00 bits per heavy atom. The topological polar surface area (TPSA) is 38.9 Å². The first-order valence-corrected chi connectivity index (χ1v) is 7.61. The van der Waals surface area contributed by atoms with Crippen molar-refractivity contribution in [2.45, 2.75) is 10.6 Å². The molecule has 0 fully saturated rings. The molecular weight excluding hydrogens is 288 g/mol. The van der Waals surface area contributed by atoms with Gasteiger partial charge in [-0.15, -0.1) is 11.8 Å². The van der Waals surface area contributed by atoms with Crippen LogP contribution >= 0.6 is 23.4 Å². The quantitative estimate of drug-likeness (QED) is 0.560. The molecular formula is C16H13ClN2S. The number of nitrogens with two attached hydrogens (primary N) is 1. The molecule has 3 aromatic rings. The molecule has 100 valence electrons. The van der Waals surface area contributed by atoms with E-state index >= 15 is 0 Å². The number of hydrogen-bond acceptors (Lipinski definition) is 3. The summed E-state index contributed by atoms with van der Waals surface area (Å²) in [6.45, 7) is 0. The van der Waals surface area contributed by atoms with E-state index in [0.29, 0.717) is 0 Å². The van der Waals surface area contributed by atoms with Crippen molar-refractivity contribution in [1.29, 1.82) is 0 Å². The fraction of sp³-hybridized carbons (Fsp3) is 0.0625. The predicted molar refractivity (Wildman–Crippen MR) is 87.2 cm³/mol. The van der Waals surface area contributed by atoms with Gasteiger partial charge >= 0.3 is 0 Å². The lowest BCUT2D eigenvalue weighted by Crippen LogP contribution is -1.92. The Morgan fingerprint density at radius 3 is 2.85 bits per heavy atom. The highest BCUT2D eigenvalue weighted by molar-refractivity contribution is 7.98. The van der Waals surface area contributed by atoms with Crippen LogP contribution in [0.2, 0.25) is 5.02 Å². The number of thioether (sulfide) groups is 1. The number of aromatic nitrogens is 1. The highest BCUT2D eigenvalue weighted by atomic mass is 35.5. The predicted octanol–water partition coefficient (Wildman–Crippen LogP) is 4.76. The minimum atomic E-state index is 0.760. The van der Waals surface area contributed by atoms with E-state index in [1.54, 1.807) is 18.0 Å². The molecule has 0 aliphatic heterocycles. The van der Waals surface area contributed by atoms with Gasteiger partial charge in [-0.1, -0.05) is 23.7 Å². The third kappa shape index (κ3) is 2.74. The smallest absolute Gasteiger partial charge is 0.0763 e. The number of hydrogen-bond donors (Lipinski definition) is 1. The lowest BCUT2D eigenvalue weighted by Gasteiger charge is -2.08. The van der Waals surface area contributed by atoms with Crippen molar-refractivity contribution in [2.75, 3.05) is 5.73 Å². The molecule has 2 nitrogen and oxygen atoms in total. The van der Waals surface area contributed by atoms with Gasteiger partial charge in [-0.25, -0.2) is 0 Å². The van der Waals surface area contributed by atoms with Gasteiger partial charge in [0.2, 0.25) is 0 Å². The van der Waals surface area contributed by atoms with E-state index in [1.165, 1.54) is 5.56 Å². The zero-order chi connectivity index (χ0) is 13.9. The van der Waals surface area contributed by atoms with Crippen LogP contribution in [0, 0.1) is 0 Å². The normalized spacial score (nSPS) is 10.8.